The van der Waals surface area contributed by atoms with Crippen molar-refractivity contribution >= 4 is 0 Å². The van der Waals surface area contributed by atoms with Crippen LogP contribution in [0.4, 0.5) is 0 Å². The summed E-state index contributed by atoms with van der Waals surface area (Å²) in [6.45, 7) is 8.17. The molecule has 96 valence electrons. The first kappa shape index (κ1) is 14.0. The number of rotatable bonds is 6. The molecule has 2 atom stereocenters. The van der Waals surface area contributed by atoms with E-state index >= 15 is 0 Å². The lowest BCUT2D eigenvalue weighted by Crippen LogP contribution is -2.34. The quantitative estimate of drug-likeness (QED) is 0.706. The number of aliphatic hydroxyl groups is 1. The second-order valence-corrected chi connectivity index (χ2v) is 5.83. The van der Waals surface area contributed by atoms with E-state index in [1.165, 1.54) is 25.7 Å². The molecule has 1 N–H and O–H groups in total. The standard InChI is InChI=1S/C14H28O2/c1-12(2)14(3)8-6-7-13(11-14)16-10-5-4-9-15/h12-13,15H,4-11H2,1-3H3. The molecule has 1 fully saturated rings. The summed E-state index contributed by atoms with van der Waals surface area (Å²) in [5, 5.41) is 8.70. The molecule has 2 nitrogen and oxygen atoms in total. The Balaban J connectivity index is 2.28. The van der Waals surface area contributed by atoms with Gasteiger partial charge in [-0.3, -0.25) is 0 Å². The van der Waals surface area contributed by atoms with Gasteiger partial charge in [-0.2, -0.15) is 0 Å². The van der Waals surface area contributed by atoms with Crippen LogP contribution in [0, 0.1) is 11.3 Å². The summed E-state index contributed by atoms with van der Waals surface area (Å²) in [7, 11) is 0. The maximum absolute atomic E-state index is 8.70. The molecule has 16 heavy (non-hydrogen) atoms. The number of hydrogen-bond donors (Lipinski definition) is 1. The summed E-state index contributed by atoms with van der Waals surface area (Å²) in [6.07, 6.45) is 7.41. The first-order chi connectivity index (χ1) is 7.58. The van der Waals surface area contributed by atoms with Crippen molar-refractivity contribution in [2.75, 3.05) is 13.2 Å². The van der Waals surface area contributed by atoms with Crippen molar-refractivity contribution in [1.29, 1.82) is 0 Å². The largest absolute Gasteiger partial charge is 0.396 e. The number of unbranched alkanes of at least 4 members (excludes halogenated alkanes) is 1. The van der Waals surface area contributed by atoms with Crippen LogP contribution in [0.25, 0.3) is 0 Å². The summed E-state index contributed by atoms with van der Waals surface area (Å²) in [5.74, 6) is 0.747. The smallest absolute Gasteiger partial charge is 0.0580 e. The normalized spacial score (nSPS) is 30.9. The number of aliphatic hydroxyl groups excluding tert-OH is 1. The molecule has 0 saturated heterocycles. The van der Waals surface area contributed by atoms with Crippen LogP contribution in [0.15, 0.2) is 0 Å². The third-order valence-electron chi connectivity index (χ3n) is 4.27. The van der Waals surface area contributed by atoms with E-state index in [0.29, 0.717) is 11.5 Å². The molecule has 0 spiro atoms. The Hall–Kier alpha value is -0.0800. The van der Waals surface area contributed by atoms with Crippen LogP contribution in [0.1, 0.15) is 59.3 Å². The maximum atomic E-state index is 8.70. The van der Waals surface area contributed by atoms with Crippen molar-refractivity contribution in [1.82, 2.24) is 0 Å². The van der Waals surface area contributed by atoms with Crippen molar-refractivity contribution in [3.63, 3.8) is 0 Å². The van der Waals surface area contributed by atoms with Crippen LogP contribution in [0.2, 0.25) is 0 Å². The van der Waals surface area contributed by atoms with Gasteiger partial charge in [-0.25, -0.2) is 0 Å². The van der Waals surface area contributed by atoms with Crippen LogP contribution in [0.5, 0.6) is 0 Å². The average Bonchev–Trinajstić information content (AvgIpc) is 2.24. The van der Waals surface area contributed by atoms with Gasteiger partial charge in [0.05, 0.1) is 6.10 Å². The Labute approximate surface area is 100 Å². The third kappa shape index (κ3) is 4.06. The van der Waals surface area contributed by atoms with Crippen molar-refractivity contribution in [3.05, 3.63) is 0 Å². The van der Waals surface area contributed by atoms with Gasteiger partial charge in [-0.15, -0.1) is 0 Å². The number of hydrogen-bond acceptors (Lipinski definition) is 2. The van der Waals surface area contributed by atoms with Crippen LogP contribution >= 0.6 is 0 Å². The third-order valence-corrected chi connectivity index (χ3v) is 4.27. The van der Waals surface area contributed by atoms with Crippen LogP contribution in [-0.4, -0.2) is 24.4 Å². The van der Waals surface area contributed by atoms with Crippen molar-refractivity contribution < 1.29 is 9.84 Å². The lowest BCUT2D eigenvalue weighted by Gasteiger charge is -2.41. The molecule has 0 bridgehead atoms. The minimum Gasteiger partial charge on any atom is -0.396 e. The molecule has 0 aliphatic heterocycles. The van der Waals surface area contributed by atoms with Gasteiger partial charge < -0.3 is 9.84 Å². The molecule has 1 saturated carbocycles. The molecular weight excluding hydrogens is 200 g/mol. The highest BCUT2D eigenvalue weighted by Gasteiger charge is 2.34. The van der Waals surface area contributed by atoms with Gasteiger partial charge in [0.1, 0.15) is 0 Å². The molecule has 0 amide bonds. The average molecular weight is 228 g/mol. The van der Waals surface area contributed by atoms with E-state index in [4.69, 9.17) is 9.84 Å². The fourth-order valence-corrected chi connectivity index (χ4v) is 2.59. The van der Waals surface area contributed by atoms with Crippen molar-refractivity contribution in [3.8, 4) is 0 Å². The molecule has 0 aromatic carbocycles. The Morgan fingerprint density at radius 3 is 2.75 bits per heavy atom. The van der Waals surface area contributed by atoms with E-state index in [2.05, 4.69) is 20.8 Å². The minimum atomic E-state index is 0.289. The lowest BCUT2D eigenvalue weighted by molar-refractivity contribution is -0.0272. The molecule has 0 radical (unpaired) electrons. The zero-order valence-electron chi connectivity index (χ0n) is 11.2. The highest BCUT2D eigenvalue weighted by Crippen LogP contribution is 2.42. The van der Waals surface area contributed by atoms with Gasteiger partial charge in [-0.05, 0) is 43.4 Å². The molecule has 0 aromatic heterocycles. The van der Waals surface area contributed by atoms with Crippen LogP contribution in [0.3, 0.4) is 0 Å². The second kappa shape index (κ2) is 6.61. The summed E-state index contributed by atoms with van der Waals surface area (Å²) >= 11 is 0. The molecule has 2 unspecified atom stereocenters. The molecule has 1 aliphatic rings. The predicted molar refractivity (Wildman–Crippen MR) is 67.5 cm³/mol. The van der Waals surface area contributed by atoms with E-state index in [0.717, 1.165) is 25.4 Å². The van der Waals surface area contributed by atoms with Gasteiger partial charge in [0.25, 0.3) is 0 Å². The van der Waals surface area contributed by atoms with Gasteiger partial charge in [0.15, 0.2) is 0 Å². The summed E-state index contributed by atoms with van der Waals surface area (Å²) in [6, 6.07) is 0. The fourth-order valence-electron chi connectivity index (χ4n) is 2.59. The first-order valence-electron chi connectivity index (χ1n) is 6.81. The van der Waals surface area contributed by atoms with Gasteiger partial charge in [0, 0.05) is 13.2 Å². The molecule has 1 rings (SSSR count). The van der Waals surface area contributed by atoms with Crippen LogP contribution in [-0.2, 0) is 4.74 Å². The van der Waals surface area contributed by atoms with E-state index < -0.39 is 0 Å². The topological polar surface area (TPSA) is 29.5 Å². The molecular formula is C14H28O2. The maximum Gasteiger partial charge on any atom is 0.0580 e. The Morgan fingerprint density at radius 2 is 2.12 bits per heavy atom. The SMILES string of the molecule is CC(C)C1(C)CCCC(OCCCCO)C1. The fraction of sp³-hybridized carbons (Fsp3) is 1.00. The summed E-state index contributed by atoms with van der Waals surface area (Å²) in [5.41, 5.74) is 0.472. The Kier molecular flexibility index (Phi) is 5.77. The zero-order chi connectivity index (χ0) is 12.0. The molecule has 1 aliphatic carbocycles. The van der Waals surface area contributed by atoms with Gasteiger partial charge in [-0.1, -0.05) is 27.2 Å². The molecule has 0 aromatic rings. The monoisotopic (exact) mass is 228 g/mol. The summed E-state index contributed by atoms with van der Waals surface area (Å²) in [4.78, 5) is 0. The lowest BCUT2D eigenvalue weighted by atomic mass is 9.67. The van der Waals surface area contributed by atoms with Gasteiger partial charge in [0.2, 0.25) is 0 Å². The van der Waals surface area contributed by atoms with E-state index in [9.17, 15) is 0 Å². The van der Waals surface area contributed by atoms with Gasteiger partial charge >= 0.3 is 0 Å². The second-order valence-electron chi connectivity index (χ2n) is 5.83. The Bertz CT molecular complexity index is 191. The molecule has 2 heteroatoms. The minimum absolute atomic E-state index is 0.289. The van der Waals surface area contributed by atoms with Crippen molar-refractivity contribution in [2.24, 2.45) is 11.3 Å². The predicted octanol–water partition coefficient (Wildman–Crippen LogP) is 3.38. The molecule has 0 heterocycles. The zero-order valence-corrected chi connectivity index (χ0v) is 11.2. The van der Waals surface area contributed by atoms with Crippen LogP contribution < -0.4 is 0 Å². The van der Waals surface area contributed by atoms with E-state index in [-0.39, 0.29) is 6.61 Å². The van der Waals surface area contributed by atoms with E-state index in [1.54, 1.807) is 0 Å². The van der Waals surface area contributed by atoms with E-state index in [1.807, 2.05) is 0 Å². The highest BCUT2D eigenvalue weighted by atomic mass is 16.5. The summed E-state index contributed by atoms with van der Waals surface area (Å²) < 4.78 is 5.92. The first-order valence-corrected chi connectivity index (χ1v) is 6.81. The number of ether oxygens (including phenoxy) is 1. The Morgan fingerprint density at radius 1 is 1.38 bits per heavy atom. The van der Waals surface area contributed by atoms with Crippen molar-refractivity contribution in [2.45, 2.75) is 65.4 Å². The highest BCUT2D eigenvalue weighted by molar-refractivity contribution is 4.85.